The highest BCUT2D eigenvalue weighted by Gasteiger charge is 2.04. The number of ether oxygens (including phenoxy) is 1. The van der Waals surface area contributed by atoms with E-state index in [4.69, 9.17) is 4.74 Å². The Morgan fingerprint density at radius 2 is 1.50 bits per heavy atom. The Kier molecular flexibility index (Phi) is 3.16. The lowest BCUT2D eigenvalue weighted by molar-refractivity contribution is 0.295. The number of benzene rings is 2. The van der Waals surface area contributed by atoms with Crippen molar-refractivity contribution < 1.29 is 4.74 Å². The second-order valence-electron chi connectivity index (χ2n) is 5.13. The van der Waals surface area contributed by atoms with Gasteiger partial charge in [-0.3, -0.25) is 4.98 Å². The van der Waals surface area contributed by atoms with Crippen LogP contribution in [0.25, 0.3) is 21.8 Å². The third-order valence-corrected chi connectivity index (χ3v) is 3.65. The average Bonchev–Trinajstić information content (AvgIpc) is 2.60. The number of hydrogen-bond acceptors (Lipinski definition) is 3. The topological polar surface area (TPSA) is 35.0 Å². The van der Waals surface area contributed by atoms with Gasteiger partial charge >= 0.3 is 0 Å². The number of aromatic nitrogens is 2. The highest BCUT2D eigenvalue weighted by atomic mass is 16.5. The zero-order valence-corrected chi connectivity index (χ0v) is 11.9. The maximum atomic E-state index is 5.77. The van der Waals surface area contributed by atoms with E-state index in [1.54, 1.807) is 6.20 Å². The van der Waals surface area contributed by atoms with E-state index < -0.39 is 0 Å². The molecule has 0 spiro atoms. The summed E-state index contributed by atoms with van der Waals surface area (Å²) in [6.45, 7) is 0.514. The normalized spacial score (nSPS) is 10.9. The van der Waals surface area contributed by atoms with E-state index in [9.17, 15) is 0 Å². The molecule has 0 bridgehead atoms. The van der Waals surface area contributed by atoms with Crippen LogP contribution in [-0.4, -0.2) is 9.97 Å². The molecule has 2 aromatic carbocycles. The lowest BCUT2D eigenvalue weighted by atomic mass is 10.1. The second-order valence-corrected chi connectivity index (χ2v) is 5.13. The Balaban J connectivity index is 1.67. The van der Waals surface area contributed by atoms with Gasteiger partial charge in [-0.15, -0.1) is 0 Å². The van der Waals surface area contributed by atoms with Crippen LogP contribution in [0.2, 0.25) is 0 Å². The standard InChI is InChI=1S/C19H14N2O/c1-2-6-14(7-3-1)13-22-19-11-10-16-15-8-4-5-9-17(15)20-12-18(16)21-19/h1-12H,13H2. The summed E-state index contributed by atoms with van der Waals surface area (Å²) in [6, 6.07) is 22.1. The first-order valence-electron chi connectivity index (χ1n) is 7.21. The Hall–Kier alpha value is -2.94. The summed E-state index contributed by atoms with van der Waals surface area (Å²) in [5.41, 5.74) is 2.96. The fourth-order valence-electron chi connectivity index (χ4n) is 2.54. The van der Waals surface area contributed by atoms with Gasteiger partial charge in [0.1, 0.15) is 6.61 Å². The Morgan fingerprint density at radius 3 is 2.41 bits per heavy atom. The predicted octanol–water partition coefficient (Wildman–Crippen LogP) is 4.36. The van der Waals surface area contributed by atoms with E-state index in [-0.39, 0.29) is 0 Å². The Bertz CT molecular complexity index is 935. The molecule has 106 valence electrons. The van der Waals surface area contributed by atoms with Crippen LogP contribution in [0.4, 0.5) is 0 Å². The number of para-hydroxylation sites is 1. The lowest BCUT2D eigenvalue weighted by Gasteiger charge is -2.07. The van der Waals surface area contributed by atoms with Crippen LogP contribution in [0.1, 0.15) is 5.56 Å². The smallest absolute Gasteiger partial charge is 0.214 e. The summed E-state index contributed by atoms with van der Waals surface area (Å²) >= 11 is 0. The molecule has 0 atom stereocenters. The highest BCUT2D eigenvalue weighted by Crippen LogP contribution is 2.24. The van der Waals surface area contributed by atoms with Gasteiger partial charge in [-0.2, -0.15) is 0 Å². The number of hydrogen-bond donors (Lipinski definition) is 0. The molecule has 22 heavy (non-hydrogen) atoms. The maximum Gasteiger partial charge on any atom is 0.214 e. The van der Waals surface area contributed by atoms with Crippen molar-refractivity contribution in [1.29, 1.82) is 0 Å². The van der Waals surface area contributed by atoms with Crippen molar-refractivity contribution in [3.63, 3.8) is 0 Å². The van der Waals surface area contributed by atoms with Crippen molar-refractivity contribution in [1.82, 2.24) is 9.97 Å². The first-order chi connectivity index (χ1) is 10.9. The van der Waals surface area contributed by atoms with Crippen molar-refractivity contribution in [2.24, 2.45) is 0 Å². The first kappa shape index (κ1) is 12.8. The minimum Gasteiger partial charge on any atom is -0.473 e. The van der Waals surface area contributed by atoms with Gasteiger partial charge in [0.05, 0.1) is 17.2 Å². The molecule has 2 heterocycles. The molecule has 0 aliphatic heterocycles. The molecule has 3 heteroatoms. The zero-order valence-electron chi connectivity index (χ0n) is 11.9. The molecule has 4 aromatic rings. The van der Waals surface area contributed by atoms with E-state index in [1.807, 2.05) is 60.7 Å². The van der Waals surface area contributed by atoms with Crippen LogP contribution in [0.5, 0.6) is 5.88 Å². The molecule has 3 nitrogen and oxygen atoms in total. The molecule has 0 fully saturated rings. The van der Waals surface area contributed by atoms with Gasteiger partial charge in [0.2, 0.25) is 5.88 Å². The summed E-state index contributed by atoms with van der Waals surface area (Å²) in [7, 11) is 0. The van der Waals surface area contributed by atoms with Crippen LogP contribution in [0.3, 0.4) is 0 Å². The SMILES string of the molecule is c1ccc(COc2ccc3c(cnc4ccccc43)n2)cc1. The number of nitrogens with zero attached hydrogens (tertiary/aromatic N) is 2. The molecular formula is C19H14N2O. The third-order valence-electron chi connectivity index (χ3n) is 3.65. The monoisotopic (exact) mass is 286 g/mol. The molecule has 0 radical (unpaired) electrons. The summed E-state index contributed by atoms with van der Waals surface area (Å²) in [5.74, 6) is 0.619. The van der Waals surface area contributed by atoms with E-state index in [2.05, 4.69) is 16.0 Å². The molecule has 2 aromatic heterocycles. The van der Waals surface area contributed by atoms with Crippen LogP contribution in [0, 0.1) is 0 Å². The van der Waals surface area contributed by atoms with Gasteiger partial charge in [-0.25, -0.2) is 4.98 Å². The minimum absolute atomic E-state index is 0.514. The van der Waals surface area contributed by atoms with Crippen LogP contribution in [0.15, 0.2) is 72.9 Å². The predicted molar refractivity (Wildman–Crippen MR) is 87.8 cm³/mol. The van der Waals surface area contributed by atoms with Crippen molar-refractivity contribution in [2.45, 2.75) is 6.61 Å². The number of fused-ring (bicyclic) bond motifs is 3. The molecule has 0 N–H and O–H groups in total. The third kappa shape index (κ3) is 2.37. The number of rotatable bonds is 3. The average molecular weight is 286 g/mol. The molecule has 0 saturated carbocycles. The molecule has 0 unspecified atom stereocenters. The van der Waals surface area contributed by atoms with Crippen molar-refractivity contribution >= 4 is 21.8 Å². The lowest BCUT2D eigenvalue weighted by Crippen LogP contribution is -1.97. The van der Waals surface area contributed by atoms with E-state index in [1.165, 1.54) is 0 Å². The van der Waals surface area contributed by atoms with Gasteiger partial charge in [-0.05, 0) is 17.7 Å². The van der Waals surface area contributed by atoms with E-state index in [0.29, 0.717) is 12.5 Å². The Labute approximate surface area is 128 Å². The quantitative estimate of drug-likeness (QED) is 0.525. The fraction of sp³-hybridized carbons (Fsp3) is 0.0526. The highest BCUT2D eigenvalue weighted by molar-refractivity contribution is 6.03. The van der Waals surface area contributed by atoms with Crippen molar-refractivity contribution in [2.75, 3.05) is 0 Å². The zero-order chi connectivity index (χ0) is 14.8. The minimum atomic E-state index is 0.514. The summed E-state index contributed by atoms with van der Waals surface area (Å²) in [4.78, 5) is 9.01. The largest absolute Gasteiger partial charge is 0.473 e. The van der Waals surface area contributed by atoms with Gasteiger partial charge in [0.25, 0.3) is 0 Å². The van der Waals surface area contributed by atoms with Gasteiger partial charge in [0, 0.05) is 16.8 Å². The van der Waals surface area contributed by atoms with Gasteiger partial charge < -0.3 is 4.74 Å². The van der Waals surface area contributed by atoms with Gasteiger partial charge in [-0.1, -0.05) is 48.5 Å². The van der Waals surface area contributed by atoms with Crippen LogP contribution < -0.4 is 4.74 Å². The van der Waals surface area contributed by atoms with E-state index in [0.717, 1.165) is 27.4 Å². The maximum absolute atomic E-state index is 5.77. The molecule has 4 rings (SSSR count). The first-order valence-corrected chi connectivity index (χ1v) is 7.21. The van der Waals surface area contributed by atoms with Crippen LogP contribution in [-0.2, 0) is 6.61 Å². The molecule has 0 aliphatic rings. The van der Waals surface area contributed by atoms with Crippen molar-refractivity contribution in [3.8, 4) is 5.88 Å². The molecular weight excluding hydrogens is 272 g/mol. The summed E-state index contributed by atoms with van der Waals surface area (Å²) in [5, 5.41) is 2.21. The van der Waals surface area contributed by atoms with Crippen LogP contribution >= 0.6 is 0 Å². The van der Waals surface area contributed by atoms with Crippen molar-refractivity contribution in [3.05, 3.63) is 78.5 Å². The Morgan fingerprint density at radius 1 is 0.727 bits per heavy atom. The van der Waals surface area contributed by atoms with E-state index >= 15 is 0 Å². The second kappa shape index (κ2) is 5.45. The molecule has 0 saturated heterocycles. The fourth-order valence-corrected chi connectivity index (χ4v) is 2.54. The summed E-state index contributed by atoms with van der Waals surface area (Å²) in [6.07, 6.45) is 1.80. The molecule has 0 amide bonds. The molecule has 0 aliphatic carbocycles. The van der Waals surface area contributed by atoms with Gasteiger partial charge in [0.15, 0.2) is 0 Å². The number of pyridine rings is 2. The summed E-state index contributed by atoms with van der Waals surface area (Å²) < 4.78 is 5.77.